The van der Waals surface area contributed by atoms with Crippen molar-refractivity contribution in [3.63, 3.8) is 0 Å². The molecule has 3 aromatic carbocycles. The molecule has 29 heavy (non-hydrogen) atoms. The molecule has 0 spiro atoms. The summed E-state index contributed by atoms with van der Waals surface area (Å²) in [7, 11) is 1.64. The first-order valence-electron chi connectivity index (χ1n) is 9.71. The van der Waals surface area contributed by atoms with Crippen molar-refractivity contribution in [1.82, 2.24) is 10.2 Å². The Morgan fingerprint density at radius 2 is 1.45 bits per heavy atom. The van der Waals surface area contributed by atoms with Crippen LogP contribution in [0, 0.1) is 0 Å². The lowest BCUT2D eigenvalue weighted by Gasteiger charge is -2.22. The molecule has 0 saturated heterocycles. The average molecular weight is 386 g/mol. The third kappa shape index (κ3) is 6.54. The highest BCUT2D eigenvalue weighted by Gasteiger charge is 2.12. The van der Waals surface area contributed by atoms with Crippen LogP contribution in [0.5, 0.6) is 5.75 Å². The molecule has 0 aromatic heterocycles. The van der Waals surface area contributed by atoms with E-state index in [-0.39, 0.29) is 6.03 Å². The van der Waals surface area contributed by atoms with Gasteiger partial charge in [-0.25, -0.2) is 4.79 Å². The van der Waals surface area contributed by atoms with E-state index in [1.165, 1.54) is 5.56 Å². The van der Waals surface area contributed by atoms with Crippen molar-refractivity contribution >= 4 is 18.2 Å². The Morgan fingerprint density at radius 3 is 2.07 bits per heavy atom. The molecule has 4 nitrogen and oxygen atoms in total. The molecule has 0 fully saturated rings. The molecule has 0 aliphatic carbocycles. The highest BCUT2D eigenvalue weighted by Crippen LogP contribution is 2.15. The number of nitrogens with one attached hydrogen (secondary N) is 1. The maximum Gasteiger partial charge on any atom is 0.317 e. The topological polar surface area (TPSA) is 41.6 Å². The van der Waals surface area contributed by atoms with Gasteiger partial charge in [0.2, 0.25) is 0 Å². The summed E-state index contributed by atoms with van der Waals surface area (Å²) in [5.74, 6) is 0.790. The van der Waals surface area contributed by atoms with Gasteiger partial charge in [0.05, 0.1) is 6.54 Å². The largest absolute Gasteiger partial charge is 0.492 e. The van der Waals surface area contributed by atoms with Crippen LogP contribution < -0.4 is 10.1 Å². The molecule has 148 valence electrons. The smallest absolute Gasteiger partial charge is 0.317 e. The van der Waals surface area contributed by atoms with Crippen molar-refractivity contribution in [3.8, 4) is 5.75 Å². The zero-order valence-corrected chi connectivity index (χ0v) is 16.6. The molecule has 1 N–H and O–H groups in total. The SMILES string of the molecule is CNC(=O)N(CCOc1ccc(/C=C/c2ccccc2)cc1)Cc1ccccc1. The Balaban J connectivity index is 1.51. The van der Waals surface area contributed by atoms with Gasteiger partial charge in [-0.2, -0.15) is 0 Å². The minimum Gasteiger partial charge on any atom is -0.492 e. The number of nitrogens with zero attached hydrogens (tertiary/aromatic N) is 1. The fourth-order valence-electron chi connectivity index (χ4n) is 2.92. The third-order valence-corrected chi connectivity index (χ3v) is 4.50. The predicted octanol–water partition coefficient (Wildman–Crippen LogP) is 5.08. The van der Waals surface area contributed by atoms with Crippen LogP contribution in [0.4, 0.5) is 4.79 Å². The molecular formula is C25H26N2O2. The zero-order valence-electron chi connectivity index (χ0n) is 16.6. The van der Waals surface area contributed by atoms with Crippen LogP contribution in [0.3, 0.4) is 0 Å². The quantitative estimate of drug-likeness (QED) is 0.549. The molecule has 0 radical (unpaired) electrons. The van der Waals surface area contributed by atoms with E-state index in [0.717, 1.165) is 16.9 Å². The lowest BCUT2D eigenvalue weighted by Crippen LogP contribution is -2.40. The lowest BCUT2D eigenvalue weighted by molar-refractivity contribution is 0.181. The maximum atomic E-state index is 12.1. The molecule has 0 unspecified atom stereocenters. The number of carbonyl (C=O) groups excluding carboxylic acids is 1. The summed E-state index contributed by atoms with van der Waals surface area (Å²) < 4.78 is 5.84. The maximum absolute atomic E-state index is 12.1. The van der Waals surface area contributed by atoms with Crippen LogP contribution in [-0.4, -0.2) is 31.1 Å². The summed E-state index contributed by atoms with van der Waals surface area (Å²) in [6.45, 7) is 1.48. The number of amides is 2. The van der Waals surface area contributed by atoms with Gasteiger partial charge in [0.1, 0.15) is 12.4 Å². The molecule has 0 saturated carbocycles. The summed E-state index contributed by atoms with van der Waals surface area (Å²) in [5, 5.41) is 2.69. The Hall–Kier alpha value is -3.53. The molecule has 4 heteroatoms. The van der Waals surface area contributed by atoms with Crippen LogP contribution in [0.15, 0.2) is 84.9 Å². The molecule has 0 atom stereocenters. The number of carbonyl (C=O) groups is 1. The fourth-order valence-corrected chi connectivity index (χ4v) is 2.92. The molecular weight excluding hydrogens is 360 g/mol. The molecule has 3 aromatic rings. The van der Waals surface area contributed by atoms with Crippen molar-refractivity contribution in [2.45, 2.75) is 6.54 Å². The van der Waals surface area contributed by atoms with Crippen LogP contribution in [-0.2, 0) is 6.54 Å². The standard InChI is InChI=1S/C25H26N2O2/c1-26-25(28)27(20-23-10-6-3-7-11-23)18-19-29-24-16-14-22(15-17-24)13-12-21-8-4-2-5-9-21/h2-17H,18-20H2,1H3,(H,26,28)/b13-12+. The molecule has 0 aliphatic rings. The van der Waals surface area contributed by atoms with Crippen LogP contribution >= 0.6 is 0 Å². The highest BCUT2D eigenvalue weighted by atomic mass is 16.5. The number of hydrogen-bond acceptors (Lipinski definition) is 2. The number of rotatable bonds is 8. The fraction of sp³-hybridized carbons (Fsp3) is 0.160. The van der Waals surface area contributed by atoms with Crippen molar-refractivity contribution < 1.29 is 9.53 Å². The first-order valence-corrected chi connectivity index (χ1v) is 9.71. The first-order chi connectivity index (χ1) is 14.2. The van der Waals surface area contributed by atoms with Crippen molar-refractivity contribution in [2.24, 2.45) is 0 Å². The Bertz CT molecular complexity index is 907. The normalized spacial score (nSPS) is 10.7. The second-order valence-corrected chi connectivity index (χ2v) is 6.62. The van der Waals surface area contributed by atoms with Crippen LogP contribution in [0.2, 0.25) is 0 Å². The first kappa shape index (κ1) is 20.2. The number of ether oxygens (including phenoxy) is 1. The van der Waals surface area contributed by atoms with Crippen molar-refractivity contribution in [3.05, 3.63) is 102 Å². The monoisotopic (exact) mass is 386 g/mol. The summed E-state index contributed by atoms with van der Waals surface area (Å²) in [5.41, 5.74) is 3.36. The number of benzene rings is 3. The third-order valence-electron chi connectivity index (χ3n) is 4.50. The van der Waals surface area contributed by atoms with Gasteiger partial charge in [-0.3, -0.25) is 0 Å². The second kappa shape index (κ2) is 10.7. The van der Waals surface area contributed by atoms with Gasteiger partial charge in [-0.1, -0.05) is 84.9 Å². The lowest BCUT2D eigenvalue weighted by atomic mass is 10.1. The highest BCUT2D eigenvalue weighted by molar-refractivity contribution is 5.73. The van der Waals surface area contributed by atoms with Gasteiger partial charge in [-0.05, 0) is 28.8 Å². The number of hydrogen-bond donors (Lipinski definition) is 1. The second-order valence-electron chi connectivity index (χ2n) is 6.62. The van der Waals surface area contributed by atoms with Gasteiger partial charge in [0, 0.05) is 13.6 Å². The molecule has 0 heterocycles. The molecule has 0 aliphatic heterocycles. The zero-order chi connectivity index (χ0) is 20.3. The van der Waals surface area contributed by atoms with E-state index in [2.05, 4.69) is 29.6 Å². The number of urea groups is 1. The molecule has 3 rings (SSSR count). The average Bonchev–Trinajstić information content (AvgIpc) is 2.78. The summed E-state index contributed by atoms with van der Waals surface area (Å²) in [6, 6.07) is 28.0. The summed E-state index contributed by atoms with van der Waals surface area (Å²) >= 11 is 0. The van der Waals surface area contributed by atoms with Gasteiger partial charge in [-0.15, -0.1) is 0 Å². The van der Waals surface area contributed by atoms with E-state index >= 15 is 0 Å². The van der Waals surface area contributed by atoms with Crippen molar-refractivity contribution in [1.29, 1.82) is 0 Å². The summed E-state index contributed by atoms with van der Waals surface area (Å²) in [4.78, 5) is 13.9. The van der Waals surface area contributed by atoms with Crippen LogP contribution in [0.1, 0.15) is 16.7 Å². The molecule has 0 bridgehead atoms. The predicted molar refractivity (Wildman–Crippen MR) is 119 cm³/mol. The van der Waals surface area contributed by atoms with Crippen LogP contribution in [0.25, 0.3) is 12.2 Å². The van der Waals surface area contributed by atoms with E-state index in [0.29, 0.717) is 19.7 Å². The summed E-state index contributed by atoms with van der Waals surface area (Å²) in [6.07, 6.45) is 4.16. The van der Waals surface area contributed by atoms with Gasteiger partial charge in [0.15, 0.2) is 0 Å². The van der Waals surface area contributed by atoms with E-state index in [1.807, 2.05) is 72.8 Å². The minimum atomic E-state index is -0.112. The van der Waals surface area contributed by atoms with Gasteiger partial charge < -0.3 is 15.0 Å². The van der Waals surface area contributed by atoms with E-state index < -0.39 is 0 Å². The van der Waals surface area contributed by atoms with E-state index in [9.17, 15) is 4.79 Å². The van der Waals surface area contributed by atoms with Gasteiger partial charge in [0.25, 0.3) is 0 Å². The Kier molecular flexibility index (Phi) is 7.47. The van der Waals surface area contributed by atoms with E-state index in [1.54, 1.807) is 11.9 Å². The molecule has 2 amide bonds. The van der Waals surface area contributed by atoms with E-state index in [4.69, 9.17) is 4.74 Å². The Labute approximate surface area is 172 Å². The Morgan fingerprint density at radius 1 is 0.862 bits per heavy atom. The van der Waals surface area contributed by atoms with Gasteiger partial charge >= 0.3 is 6.03 Å². The minimum absolute atomic E-state index is 0.112. The van der Waals surface area contributed by atoms with Crippen molar-refractivity contribution in [2.75, 3.05) is 20.2 Å².